The maximum atomic E-state index is 6.55. The van der Waals surface area contributed by atoms with Crippen LogP contribution in [-0.2, 0) is 11.2 Å². The molecule has 0 amide bonds. The molecule has 0 spiro atoms. The summed E-state index contributed by atoms with van der Waals surface area (Å²) in [6, 6.07) is 11.9. The van der Waals surface area contributed by atoms with Crippen LogP contribution in [0, 0.1) is 6.92 Å². The Bertz CT molecular complexity index is 1100. The molecule has 1 N–H and O–H groups in total. The molecule has 5 rings (SSSR count). The van der Waals surface area contributed by atoms with Crippen LogP contribution >= 0.6 is 0 Å². The zero-order valence-electron chi connectivity index (χ0n) is 21.3. The molecular weight excluding hydrogens is 420 g/mol. The molecule has 2 aliphatic heterocycles. The minimum atomic E-state index is 0.413. The number of nitrogens with zero attached hydrogens (tertiary/aromatic N) is 3. The molecule has 34 heavy (non-hydrogen) atoms. The number of rotatable bonds is 6. The molecular formula is C29H40N4O. The lowest BCUT2D eigenvalue weighted by atomic mass is 10.0. The molecule has 3 aromatic rings. The van der Waals surface area contributed by atoms with Gasteiger partial charge in [0.2, 0.25) is 0 Å². The van der Waals surface area contributed by atoms with Gasteiger partial charge in [-0.05, 0) is 88.8 Å². The first-order chi connectivity index (χ1) is 16.5. The minimum absolute atomic E-state index is 0.413. The predicted octanol–water partition coefficient (Wildman–Crippen LogP) is 5.96. The SMILES string of the molecule is CCc1c(-c2ccnc(C)c2)[nH]c2ccc(N3CCC(OC4CCN(C(C)C)CC4)CC3)cc12. The molecule has 2 fully saturated rings. The van der Waals surface area contributed by atoms with E-state index in [2.05, 4.69) is 77.8 Å². The van der Waals surface area contributed by atoms with Crippen LogP contribution in [-0.4, -0.2) is 59.3 Å². The van der Waals surface area contributed by atoms with E-state index in [0.29, 0.717) is 18.2 Å². The van der Waals surface area contributed by atoms with Gasteiger partial charge in [-0.15, -0.1) is 0 Å². The van der Waals surface area contributed by atoms with E-state index in [1.54, 1.807) is 0 Å². The summed E-state index contributed by atoms with van der Waals surface area (Å²) in [6.07, 6.45) is 8.38. The maximum absolute atomic E-state index is 6.55. The van der Waals surface area contributed by atoms with E-state index >= 15 is 0 Å². The lowest BCUT2D eigenvalue weighted by Crippen LogP contribution is -2.43. The van der Waals surface area contributed by atoms with Gasteiger partial charge in [-0.25, -0.2) is 0 Å². The lowest BCUT2D eigenvalue weighted by molar-refractivity contribution is -0.0540. The summed E-state index contributed by atoms with van der Waals surface area (Å²) in [5, 5.41) is 1.35. The Morgan fingerprint density at radius 2 is 1.71 bits per heavy atom. The fourth-order valence-electron chi connectivity index (χ4n) is 5.80. The highest BCUT2D eigenvalue weighted by Crippen LogP contribution is 2.34. The third kappa shape index (κ3) is 4.87. The first-order valence-electron chi connectivity index (χ1n) is 13.2. The number of hydrogen-bond donors (Lipinski definition) is 1. The third-order valence-corrected chi connectivity index (χ3v) is 7.83. The number of H-pyrrole nitrogens is 1. The van der Waals surface area contributed by atoms with Crippen molar-refractivity contribution in [3.8, 4) is 11.3 Å². The molecule has 0 aliphatic carbocycles. The van der Waals surface area contributed by atoms with Gasteiger partial charge in [-0.1, -0.05) is 6.92 Å². The number of likely N-dealkylation sites (tertiary alicyclic amines) is 1. The van der Waals surface area contributed by atoms with Crippen molar-refractivity contribution in [2.45, 2.75) is 78.0 Å². The highest BCUT2D eigenvalue weighted by Gasteiger charge is 2.27. The van der Waals surface area contributed by atoms with Gasteiger partial charge in [0.25, 0.3) is 0 Å². The summed E-state index contributed by atoms with van der Waals surface area (Å²) in [7, 11) is 0. The molecule has 0 saturated carbocycles. The Labute approximate surface area is 204 Å². The second-order valence-electron chi connectivity index (χ2n) is 10.4. The third-order valence-electron chi connectivity index (χ3n) is 7.83. The summed E-state index contributed by atoms with van der Waals surface area (Å²) in [5.41, 5.74) is 7.45. The number of nitrogens with one attached hydrogen (secondary N) is 1. The Balaban J connectivity index is 1.25. The van der Waals surface area contributed by atoms with Crippen LogP contribution in [0.5, 0.6) is 0 Å². The number of fused-ring (bicyclic) bond motifs is 1. The zero-order valence-corrected chi connectivity index (χ0v) is 21.3. The smallest absolute Gasteiger partial charge is 0.0612 e. The van der Waals surface area contributed by atoms with Crippen LogP contribution < -0.4 is 4.90 Å². The number of pyridine rings is 1. The Morgan fingerprint density at radius 3 is 2.35 bits per heavy atom. The van der Waals surface area contributed by atoms with E-state index in [-0.39, 0.29) is 0 Å². The molecule has 5 heteroatoms. The van der Waals surface area contributed by atoms with Gasteiger partial charge >= 0.3 is 0 Å². The number of aryl methyl sites for hydroxylation is 2. The van der Waals surface area contributed by atoms with Crippen LogP contribution in [0.2, 0.25) is 0 Å². The molecule has 2 saturated heterocycles. The van der Waals surface area contributed by atoms with E-state index in [0.717, 1.165) is 38.0 Å². The number of aromatic amines is 1. The molecule has 0 bridgehead atoms. The largest absolute Gasteiger partial charge is 0.375 e. The molecule has 2 aliphatic rings. The van der Waals surface area contributed by atoms with Gasteiger partial charge in [0, 0.05) is 72.0 Å². The Kier molecular flexibility index (Phi) is 6.94. The fraction of sp³-hybridized carbons (Fsp3) is 0.552. The zero-order chi connectivity index (χ0) is 23.7. The van der Waals surface area contributed by atoms with Crippen molar-refractivity contribution in [2.24, 2.45) is 0 Å². The summed E-state index contributed by atoms with van der Waals surface area (Å²) in [5.74, 6) is 0. The molecule has 0 radical (unpaired) electrons. The monoisotopic (exact) mass is 460 g/mol. The number of hydrogen-bond acceptors (Lipinski definition) is 4. The summed E-state index contributed by atoms with van der Waals surface area (Å²) < 4.78 is 6.55. The average Bonchev–Trinajstić information content (AvgIpc) is 3.23. The number of aromatic nitrogens is 2. The van der Waals surface area contributed by atoms with E-state index in [4.69, 9.17) is 4.74 Å². The second kappa shape index (κ2) is 10.1. The molecule has 1 aromatic carbocycles. The van der Waals surface area contributed by atoms with Gasteiger partial charge in [0.15, 0.2) is 0 Å². The Hall–Kier alpha value is -2.37. The number of benzene rings is 1. The van der Waals surface area contributed by atoms with Crippen LogP contribution in [0.1, 0.15) is 57.7 Å². The van der Waals surface area contributed by atoms with Crippen molar-refractivity contribution in [3.05, 3.63) is 47.8 Å². The van der Waals surface area contributed by atoms with Crippen LogP contribution in [0.3, 0.4) is 0 Å². The summed E-state index contributed by atoms with van der Waals surface area (Å²) in [4.78, 5) is 13.2. The quantitative estimate of drug-likeness (QED) is 0.493. The first-order valence-corrected chi connectivity index (χ1v) is 13.2. The normalized spacial score (nSPS) is 18.9. The van der Waals surface area contributed by atoms with Crippen LogP contribution in [0.4, 0.5) is 5.69 Å². The van der Waals surface area contributed by atoms with Crippen molar-refractivity contribution in [1.29, 1.82) is 0 Å². The fourth-order valence-corrected chi connectivity index (χ4v) is 5.80. The van der Waals surface area contributed by atoms with Gasteiger partial charge in [0.1, 0.15) is 0 Å². The maximum Gasteiger partial charge on any atom is 0.0612 e. The molecule has 5 nitrogen and oxygen atoms in total. The van der Waals surface area contributed by atoms with E-state index in [9.17, 15) is 0 Å². The summed E-state index contributed by atoms with van der Waals surface area (Å²) >= 11 is 0. The number of ether oxygens (including phenoxy) is 1. The molecule has 0 unspecified atom stereocenters. The van der Waals surface area contributed by atoms with Gasteiger partial charge in [-0.2, -0.15) is 0 Å². The highest BCUT2D eigenvalue weighted by atomic mass is 16.5. The molecule has 0 atom stereocenters. The van der Waals surface area contributed by atoms with Gasteiger partial charge < -0.3 is 19.5 Å². The Morgan fingerprint density at radius 1 is 1.00 bits per heavy atom. The van der Waals surface area contributed by atoms with Crippen molar-refractivity contribution >= 4 is 16.6 Å². The van der Waals surface area contributed by atoms with Crippen molar-refractivity contribution < 1.29 is 4.74 Å². The van der Waals surface area contributed by atoms with E-state index in [1.165, 1.54) is 59.3 Å². The van der Waals surface area contributed by atoms with Gasteiger partial charge in [-0.3, -0.25) is 4.98 Å². The van der Waals surface area contributed by atoms with E-state index < -0.39 is 0 Å². The first kappa shape index (κ1) is 23.4. The van der Waals surface area contributed by atoms with Crippen LogP contribution in [0.25, 0.3) is 22.2 Å². The topological polar surface area (TPSA) is 44.4 Å². The average molecular weight is 461 g/mol. The number of piperidine rings is 2. The highest BCUT2D eigenvalue weighted by molar-refractivity contribution is 5.93. The van der Waals surface area contributed by atoms with E-state index in [1.807, 2.05) is 6.20 Å². The molecule has 4 heterocycles. The van der Waals surface area contributed by atoms with Crippen molar-refractivity contribution in [1.82, 2.24) is 14.9 Å². The summed E-state index contributed by atoms with van der Waals surface area (Å²) in [6.45, 7) is 13.4. The minimum Gasteiger partial charge on any atom is -0.375 e. The second-order valence-corrected chi connectivity index (χ2v) is 10.4. The lowest BCUT2D eigenvalue weighted by Gasteiger charge is -2.38. The van der Waals surface area contributed by atoms with Crippen molar-refractivity contribution in [2.75, 3.05) is 31.1 Å². The molecule has 182 valence electrons. The number of anilines is 1. The van der Waals surface area contributed by atoms with Gasteiger partial charge in [0.05, 0.1) is 12.2 Å². The molecule has 2 aromatic heterocycles. The predicted molar refractivity (Wildman–Crippen MR) is 142 cm³/mol. The van der Waals surface area contributed by atoms with Crippen LogP contribution in [0.15, 0.2) is 36.5 Å². The standard InChI is InChI=1S/C29H40N4O/c1-5-26-27-19-23(6-7-28(27)31-29(26)22-8-13-30-21(4)18-22)33-16-11-25(12-17-33)34-24-9-14-32(15-10-24)20(2)3/h6-8,13,18-20,24-25,31H,5,9-12,14-17H2,1-4H3. The van der Waals surface area contributed by atoms with Crippen molar-refractivity contribution in [3.63, 3.8) is 0 Å².